The van der Waals surface area contributed by atoms with E-state index in [9.17, 15) is 18.0 Å². The molecule has 0 aliphatic rings. The summed E-state index contributed by atoms with van der Waals surface area (Å²) in [6.45, 7) is 7.68. The molecule has 0 aliphatic carbocycles. The number of carbonyl (C=O) groups excluding carboxylic acids is 2. The summed E-state index contributed by atoms with van der Waals surface area (Å²) in [6, 6.07) is 0. The zero-order chi connectivity index (χ0) is 22.0. The maximum absolute atomic E-state index is 12.0. The Bertz CT molecular complexity index is 562. The zero-order valence-electron chi connectivity index (χ0n) is 18.1. The molecule has 0 aromatic heterocycles. The van der Waals surface area contributed by atoms with Crippen LogP contribution in [0.2, 0.25) is 0 Å². The van der Waals surface area contributed by atoms with Crippen molar-refractivity contribution in [3.8, 4) is 0 Å². The van der Waals surface area contributed by atoms with Crippen molar-refractivity contribution in [1.29, 1.82) is 0 Å². The van der Waals surface area contributed by atoms with E-state index in [4.69, 9.17) is 9.47 Å². The molecule has 0 amide bonds. The lowest BCUT2D eigenvalue weighted by atomic mass is 10.1. The second-order valence-electron chi connectivity index (χ2n) is 7.13. The van der Waals surface area contributed by atoms with Crippen molar-refractivity contribution < 1.29 is 27.5 Å². The molecule has 7 nitrogen and oxygen atoms in total. The second-order valence-corrected chi connectivity index (χ2v) is 9.06. The van der Waals surface area contributed by atoms with Gasteiger partial charge < -0.3 is 9.47 Å². The highest BCUT2D eigenvalue weighted by Gasteiger charge is 2.13. The normalized spacial score (nSPS) is 12.3. The molecule has 1 unspecified atom stereocenters. The van der Waals surface area contributed by atoms with Gasteiger partial charge >= 0.3 is 11.9 Å². The average Bonchev–Trinajstić information content (AvgIpc) is 2.64. The topological polar surface area (TPSA) is 98.8 Å². The van der Waals surface area contributed by atoms with Gasteiger partial charge in [-0.25, -0.2) is 13.1 Å². The van der Waals surface area contributed by atoms with E-state index in [2.05, 4.69) is 11.3 Å². The number of carbonyl (C=O) groups is 2. The summed E-state index contributed by atoms with van der Waals surface area (Å²) >= 11 is 0. The van der Waals surface area contributed by atoms with Crippen LogP contribution in [0.25, 0.3) is 0 Å². The van der Waals surface area contributed by atoms with E-state index >= 15 is 0 Å². The summed E-state index contributed by atoms with van der Waals surface area (Å²) in [6.07, 6.45) is 9.82. The third-order valence-corrected chi connectivity index (χ3v) is 5.86. The number of hydrogen-bond donors (Lipinski definition) is 1. The molecule has 1 atom stereocenters. The van der Waals surface area contributed by atoms with Gasteiger partial charge in [-0.2, -0.15) is 0 Å². The minimum atomic E-state index is -3.28. The minimum absolute atomic E-state index is 0.0787. The predicted octanol–water partition coefficient (Wildman–Crippen LogP) is 3.88. The fourth-order valence-electron chi connectivity index (χ4n) is 2.93. The number of ether oxygens (including phenoxy) is 2. The Morgan fingerprint density at radius 1 is 1.03 bits per heavy atom. The lowest BCUT2D eigenvalue weighted by Gasteiger charge is -2.16. The van der Waals surface area contributed by atoms with Crippen molar-refractivity contribution in [2.24, 2.45) is 0 Å². The maximum Gasteiger partial charge on any atom is 0.305 e. The Hall–Kier alpha value is -1.41. The van der Waals surface area contributed by atoms with Gasteiger partial charge in [0.2, 0.25) is 10.0 Å². The molecule has 0 bridgehead atoms. The molecule has 0 aliphatic heterocycles. The minimum Gasteiger partial charge on any atom is -0.466 e. The fraction of sp³-hybridized carbons (Fsp3) is 0.810. The van der Waals surface area contributed by atoms with Crippen LogP contribution in [-0.2, 0) is 29.1 Å². The molecular weight excluding hydrogens is 394 g/mol. The first-order valence-electron chi connectivity index (χ1n) is 10.7. The van der Waals surface area contributed by atoms with Crippen LogP contribution in [0.5, 0.6) is 0 Å². The Morgan fingerprint density at radius 2 is 1.72 bits per heavy atom. The summed E-state index contributed by atoms with van der Waals surface area (Å²) in [5.74, 6) is -0.398. The van der Waals surface area contributed by atoms with E-state index in [1.807, 2.05) is 6.08 Å². The van der Waals surface area contributed by atoms with Gasteiger partial charge in [0.15, 0.2) is 0 Å². The summed E-state index contributed by atoms with van der Waals surface area (Å²) in [5.41, 5.74) is 0. The van der Waals surface area contributed by atoms with Gasteiger partial charge in [-0.1, -0.05) is 18.9 Å². The van der Waals surface area contributed by atoms with Crippen LogP contribution in [0.3, 0.4) is 0 Å². The zero-order valence-corrected chi connectivity index (χ0v) is 18.9. The number of hydrogen-bond acceptors (Lipinski definition) is 6. The molecule has 0 aromatic carbocycles. The number of nitrogens with one attached hydrogen (secondary N) is 1. The molecule has 8 heteroatoms. The first-order valence-corrected chi connectivity index (χ1v) is 12.4. The fourth-order valence-corrected chi connectivity index (χ4v) is 4.12. The lowest BCUT2D eigenvalue weighted by Crippen LogP contribution is -2.27. The molecular formula is C21H39NO6S. The van der Waals surface area contributed by atoms with Gasteiger partial charge in [-0.05, 0) is 58.3 Å². The number of unbranched alkanes of at least 4 members (excludes halogenated alkanes) is 5. The van der Waals surface area contributed by atoms with E-state index < -0.39 is 10.0 Å². The highest BCUT2D eigenvalue weighted by Crippen LogP contribution is 2.14. The van der Waals surface area contributed by atoms with Crippen LogP contribution in [-0.4, -0.2) is 45.4 Å². The lowest BCUT2D eigenvalue weighted by molar-refractivity contribution is -0.147. The molecule has 29 heavy (non-hydrogen) atoms. The number of esters is 2. The molecule has 0 radical (unpaired) electrons. The van der Waals surface area contributed by atoms with Crippen LogP contribution in [0.4, 0.5) is 0 Å². The first-order chi connectivity index (χ1) is 13.8. The van der Waals surface area contributed by atoms with Gasteiger partial charge in [0.1, 0.15) is 6.10 Å². The highest BCUT2D eigenvalue weighted by molar-refractivity contribution is 7.89. The van der Waals surface area contributed by atoms with Crippen molar-refractivity contribution in [3.63, 3.8) is 0 Å². The van der Waals surface area contributed by atoms with Gasteiger partial charge in [-0.15, -0.1) is 6.58 Å². The Balaban J connectivity index is 3.86. The molecule has 0 saturated carbocycles. The standard InChI is InChI=1S/C21H39NO6S/c1-4-6-9-14-20(28-19(3)23)15-11-13-18-29(25,26)22-17-12-8-7-10-16-21(24)27-5-2/h4,20,22H,1,5-18H2,2-3H3. The molecule has 0 fully saturated rings. The van der Waals surface area contributed by atoms with Crippen molar-refractivity contribution in [2.75, 3.05) is 18.9 Å². The largest absolute Gasteiger partial charge is 0.466 e. The number of rotatable bonds is 19. The van der Waals surface area contributed by atoms with Gasteiger partial charge in [-0.3, -0.25) is 9.59 Å². The third kappa shape index (κ3) is 18.4. The molecule has 170 valence electrons. The van der Waals surface area contributed by atoms with E-state index in [1.165, 1.54) is 6.92 Å². The number of sulfonamides is 1. The maximum atomic E-state index is 12.0. The summed E-state index contributed by atoms with van der Waals surface area (Å²) in [5, 5.41) is 0. The Kier molecular flexibility index (Phi) is 16.6. The van der Waals surface area contributed by atoms with Crippen molar-refractivity contribution in [3.05, 3.63) is 12.7 Å². The molecule has 0 spiro atoms. The van der Waals surface area contributed by atoms with E-state index in [0.29, 0.717) is 38.8 Å². The molecule has 0 rings (SSSR count). The summed E-state index contributed by atoms with van der Waals surface area (Å²) in [7, 11) is -3.28. The van der Waals surface area contributed by atoms with Crippen molar-refractivity contribution in [2.45, 2.75) is 90.6 Å². The van der Waals surface area contributed by atoms with Gasteiger partial charge in [0, 0.05) is 19.9 Å². The van der Waals surface area contributed by atoms with Crippen LogP contribution >= 0.6 is 0 Å². The van der Waals surface area contributed by atoms with Crippen LogP contribution in [0, 0.1) is 0 Å². The summed E-state index contributed by atoms with van der Waals surface area (Å²) < 4.78 is 36.9. The van der Waals surface area contributed by atoms with Crippen LogP contribution < -0.4 is 4.72 Å². The molecule has 0 aromatic rings. The third-order valence-electron chi connectivity index (χ3n) is 4.39. The SMILES string of the molecule is C=CCCCC(CCCCS(=O)(=O)NCCCCCCC(=O)OCC)OC(C)=O. The average molecular weight is 434 g/mol. The Morgan fingerprint density at radius 3 is 2.38 bits per heavy atom. The molecule has 1 N–H and O–H groups in total. The van der Waals surface area contributed by atoms with Crippen LogP contribution in [0.1, 0.15) is 84.5 Å². The van der Waals surface area contributed by atoms with Crippen molar-refractivity contribution >= 4 is 22.0 Å². The first kappa shape index (κ1) is 27.6. The van der Waals surface area contributed by atoms with Crippen molar-refractivity contribution in [1.82, 2.24) is 4.72 Å². The smallest absolute Gasteiger partial charge is 0.305 e. The highest BCUT2D eigenvalue weighted by atomic mass is 32.2. The van der Waals surface area contributed by atoms with Gasteiger partial charge in [0.05, 0.1) is 12.4 Å². The predicted molar refractivity (Wildman–Crippen MR) is 115 cm³/mol. The molecule has 0 saturated heterocycles. The van der Waals surface area contributed by atoms with E-state index in [0.717, 1.165) is 44.9 Å². The monoisotopic (exact) mass is 433 g/mol. The Labute approximate surface area is 176 Å². The second kappa shape index (κ2) is 17.4. The summed E-state index contributed by atoms with van der Waals surface area (Å²) in [4.78, 5) is 22.4. The number of allylic oxidation sites excluding steroid dienone is 1. The molecule has 0 heterocycles. The van der Waals surface area contributed by atoms with E-state index in [-0.39, 0.29) is 23.8 Å². The van der Waals surface area contributed by atoms with Crippen LogP contribution in [0.15, 0.2) is 12.7 Å². The quantitative estimate of drug-likeness (QED) is 0.189. The van der Waals surface area contributed by atoms with Gasteiger partial charge in [0.25, 0.3) is 0 Å². The van der Waals surface area contributed by atoms with E-state index in [1.54, 1.807) is 6.92 Å².